The van der Waals surface area contributed by atoms with E-state index in [-0.39, 0.29) is 12.5 Å². The second-order valence-corrected chi connectivity index (χ2v) is 5.95. The Balaban J connectivity index is 1.60. The lowest BCUT2D eigenvalue weighted by Crippen LogP contribution is -2.29. The normalized spacial score (nSPS) is 10.5. The second kappa shape index (κ2) is 7.71. The van der Waals surface area contributed by atoms with Crippen LogP contribution in [0.2, 0.25) is 0 Å². The van der Waals surface area contributed by atoms with Gasteiger partial charge in [-0.2, -0.15) is 0 Å². The molecule has 128 valence electrons. The van der Waals surface area contributed by atoms with Gasteiger partial charge in [0.2, 0.25) is 0 Å². The molecule has 0 saturated heterocycles. The molecule has 25 heavy (non-hydrogen) atoms. The summed E-state index contributed by atoms with van der Waals surface area (Å²) in [5.74, 6) is 0.570. The third-order valence-corrected chi connectivity index (χ3v) is 4.27. The van der Waals surface area contributed by atoms with Gasteiger partial charge in [-0.15, -0.1) is 0 Å². The standard InChI is InChI=1S/C21H22N2O2/c1-16-12-13-18(23(16)2)14-22-21(24)15-25-20-11-7-6-10-19(20)17-8-4-3-5-9-17/h3-13H,14-15H2,1-2H3,(H,22,24). The molecular formula is C21H22N2O2. The van der Waals surface area contributed by atoms with Gasteiger partial charge in [-0.25, -0.2) is 0 Å². The van der Waals surface area contributed by atoms with E-state index in [1.807, 2.05) is 80.7 Å². The first-order valence-electron chi connectivity index (χ1n) is 8.30. The number of para-hydroxylation sites is 1. The predicted octanol–water partition coefficient (Wildman–Crippen LogP) is 3.70. The molecule has 0 radical (unpaired) electrons. The number of hydrogen-bond acceptors (Lipinski definition) is 2. The zero-order chi connectivity index (χ0) is 17.6. The monoisotopic (exact) mass is 334 g/mol. The molecular weight excluding hydrogens is 312 g/mol. The SMILES string of the molecule is Cc1ccc(CNC(=O)COc2ccccc2-c2ccccc2)n1C. The van der Waals surface area contributed by atoms with Crippen LogP contribution in [0.5, 0.6) is 5.75 Å². The van der Waals surface area contributed by atoms with E-state index in [4.69, 9.17) is 4.74 Å². The van der Waals surface area contributed by atoms with Crippen LogP contribution in [-0.2, 0) is 18.4 Å². The molecule has 0 spiro atoms. The second-order valence-electron chi connectivity index (χ2n) is 5.95. The van der Waals surface area contributed by atoms with E-state index in [0.717, 1.165) is 22.5 Å². The van der Waals surface area contributed by atoms with Gasteiger partial charge < -0.3 is 14.6 Å². The number of aromatic nitrogens is 1. The van der Waals surface area contributed by atoms with Gasteiger partial charge in [0, 0.05) is 24.0 Å². The smallest absolute Gasteiger partial charge is 0.258 e. The Morgan fingerprint density at radius 3 is 2.44 bits per heavy atom. The highest BCUT2D eigenvalue weighted by Gasteiger charge is 2.09. The van der Waals surface area contributed by atoms with E-state index in [2.05, 4.69) is 9.88 Å². The Morgan fingerprint density at radius 2 is 1.72 bits per heavy atom. The van der Waals surface area contributed by atoms with Crippen LogP contribution in [0.15, 0.2) is 66.7 Å². The number of carbonyl (C=O) groups excluding carboxylic acids is 1. The van der Waals surface area contributed by atoms with Crippen LogP contribution < -0.4 is 10.1 Å². The number of nitrogens with zero attached hydrogens (tertiary/aromatic N) is 1. The number of rotatable bonds is 6. The highest BCUT2D eigenvalue weighted by atomic mass is 16.5. The topological polar surface area (TPSA) is 43.3 Å². The molecule has 1 aromatic heterocycles. The van der Waals surface area contributed by atoms with Crippen molar-refractivity contribution in [3.63, 3.8) is 0 Å². The van der Waals surface area contributed by atoms with Gasteiger partial charge in [-0.3, -0.25) is 4.79 Å². The fraction of sp³-hybridized carbons (Fsp3) is 0.190. The first-order valence-corrected chi connectivity index (χ1v) is 8.30. The van der Waals surface area contributed by atoms with Gasteiger partial charge in [0.1, 0.15) is 5.75 Å². The van der Waals surface area contributed by atoms with Gasteiger partial charge in [0.15, 0.2) is 6.61 Å². The number of amides is 1. The molecule has 0 aliphatic heterocycles. The summed E-state index contributed by atoms with van der Waals surface area (Å²) in [6.07, 6.45) is 0. The maximum absolute atomic E-state index is 12.1. The highest BCUT2D eigenvalue weighted by Crippen LogP contribution is 2.29. The zero-order valence-electron chi connectivity index (χ0n) is 14.5. The van der Waals surface area contributed by atoms with Crippen molar-refractivity contribution in [3.8, 4) is 16.9 Å². The molecule has 2 aromatic carbocycles. The maximum atomic E-state index is 12.1. The van der Waals surface area contributed by atoms with Gasteiger partial charge in [-0.05, 0) is 30.7 Å². The molecule has 1 N–H and O–H groups in total. The lowest BCUT2D eigenvalue weighted by Gasteiger charge is -2.12. The Kier molecular flexibility index (Phi) is 5.19. The molecule has 3 aromatic rings. The molecule has 1 amide bonds. The van der Waals surface area contributed by atoms with Crippen molar-refractivity contribution in [2.24, 2.45) is 7.05 Å². The van der Waals surface area contributed by atoms with Gasteiger partial charge in [0.25, 0.3) is 5.91 Å². The average Bonchev–Trinajstić information content (AvgIpc) is 2.97. The summed E-state index contributed by atoms with van der Waals surface area (Å²) in [7, 11) is 1.99. The van der Waals surface area contributed by atoms with Crippen LogP contribution in [0.1, 0.15) is 11.4 Å². The molecule has 3 rings (SSSR count). The summed E-state index contributed by atoms with van der Waals surface area (Å²) in [5.41, 5.74) is 4.28. The summed E-state index contributed by atoms with van der Waals surface area (Å²) in [6, 6.07) is 21.8. The third-order valence-electron chi connectivity index (χ3n) is 4.27. The first-order chi connectivity index (χ1) is 12.1. The fourth-order valence-corrected chi connectivity index (χ4v) is 2.68. The lowest BCUT2D eigenvalue weighted by atomic mass is 10.1. The number of nitrogens with one attached hydrogen (secondary N) is 1. The van der Waals surface area contributed by atoms with E-state index >= 15 is 0 Å². The van der Waals surface area contributed by atoms with Crippen LogP contribution in [0.3, 0.4) is 0 Å². The van der Waals surface area contributed by atoms with Gasteiger partial charge in [-0.1, -0.05) is 48.5 Å². The van der Waals surface area contributed by atoms with Crippen molar-refractivity contribution >= 4 is 5.91 Å². The van der Waals surface area contributed by atoms with Crippen molar-refractivity contribution in [1.82, 2.24) is 9.88 Å². The molecule has 1 heterocycles. The minimum Gasteiger partial charge on any atom is -0.483 e. The van der Waals surface area contributed by atoms with Crippen molar-refractivity contribution in [3.05, 3.63) is 78.1 Å². The maximum Gasteiger partial charge on any atom is 0.258 e. The summed E-state index contributed by atoms with van der Waals surface area (Å²) in [5, 5.41) is 2.90. The Bertz CT molecular complexity index is 853. The molecule has 4 heteroatoms. The quantitative estimate of drug-likeness (QED) is 0.747. The van der Waals surface area contributed by atoms with E-state index < -0.39 is 0 Å². The van der Waals surface area contributed by atoms with Crippen molar-refractivity contribution in [2.45, 2.75) is 13.5 Å². The Morgan fingerprint density at radius 1 is 1.00 bits per heavy atom. The number of benzene rings is 2. The molecule has 0 aliphatic carbocycles. The van der Waals surface area contributed by atoms with E-state index in [9.17, 15) is 4.79 Å². The van der Waals surface area contributed by atoms with Crippen molar-refractivity contribution in [2.75, 3.05) is 6.61 Å². The van der Waals surface area contributed by atoms with E-state index in [1.54, 1.807) is 0 Å². The van der Waals surface area contributed by atoms with Crippen LogP contribution in [0.25, 0.3) is 11.1 Å². The molecule has 4 nitrogen and oxygen atoms in total. The number of aryl methyl sites for hydroxylation is 1. The van der Waals surface area contributed by atoms with E-state index in [1.165, 1.54) is 0 Å². The highest BCUT2D eigenvalue weighted by molar-refractivity contribution is 5.78. The third kappa shape index (κ3) is 4.10. The zero-order valence-corrected chi connectivity index (χ0v) is 14.5. The molecule has 0 aliphatic rings. The van der Waals surface area contributed by atoms with Crippen LogP contribution in [0, 0.1) is 6.92 Å². The number of hydrogen-bond donors (Lipinski definition) is 1. The summed E-state index contributed by atoms with van der Waals surface area (Å²) >= 11 is 0. The first kappa shape index (κ1) is 16.8. The minimum absolute atomic E-state index is 0.00669. The number of carbonyl (C=O) groups is 1. The Hall–Kier alpha value is -3.01. The molecule has 0 fully saturated rings. The number of ether oxygens (including phenoxy) is 1. The summed E-state index contributed by atoms with van der Waals surface area (Å²) in [4.78, 5) is 12.1. The summed E-state index contributed by atoms with van der Waals surface area (Å²) in [6.45, 7) is 2.52. The average molecular weight is 334 g/mol. The molecule has 0 unspecified atom stereocenters. The van der Waals surface area contributed by atoms with Gasteiger partial charge >= 0.3 is 0 Å². The Labute approximate surface area is 148 Å². The van der Waals surface area contributed by atoms with Crippen LogP contribution in [-0.4, -0.2) is 17.1 Å². The van der Waals surface area contributed by atoms with E-state index in [0.29, 0.717) is 12.3 Å². The predicted molar refractivity (Wildman–Crippen MR) is 99.4 cm³/mol. The van der Waals surface area contributed by atoms with Crippen LogP contribution in [0.4, 0.5) is 0 Å². The largest absolute Gasteiger partial charge is 0.483 e. The fourth-order valence-electron chi connectivity index (χ4n) is 2.68. The molecule has 0 atom stereocenters. The van der Waals surface area contributed by atoms with Gasteiger partial charge in [0.05, 0.1) is 6.54 Å². The van der Waals surface area contributed by atoms with Crippen molar-refractivity contribution < 1.29 is 9.53 Å². The minimum atomic E-state index is -0.137. The van der Waals surface area contributed by atoms with Crippen molar-refractivity contribution in [1.29, 1.82) is 0 Å². The summed E-state index contributed by atoms with van der Waals surface area (Å²) < 4.78 is 7.82. The van der Waals surface area contributed by atoms with Crippen LogP contribution >= 0.6 is 0 Å². The molecule has 0 saturated carbocycles. The molecule has 0 bridgehead atoms. The lowest BCUT2D eigenvalue weighted by molar-refractivity contribution is -0.123.